The number of benzene rings is 3. The highest BCUT2D eigenvalue weighted by molar-refractivity contribution is 7.81. The van der Waals surface area contributed by atoms with Gasteiger partial charge in [-0.15, -0.1) is 0 Å². The van der Waals surface area contributed by atoms with Crippen LogP contribution < -0.4 is 15.1 Å². The molecule has 192 valence electrons. The van der Waals surface area contributed by atoms with Crippen LogP contribution in [-0.2, 0) is 6.18 Å². The fourth-order valence-corrected chi connectivity index (χ4v) is 5.53. The van der Waals surface area contributed by atoms with E-state index in [9.17, 15) is 18.4 Å². The predicted octanol–water partition coefficient (Wildman–Crippen LogP) is 7.22. The van der Waals surface area contributed by atoms with E-state index in [2.05, 4.69) is 5.32 Å². The smallest absolute Gasteiger partial charge is 0.331 e. The lowest BCUT2D eigenvalue weighted by molar-refractivity contribution is -0.137. The summed E-state index contributed by atoms with van der Waals surface area (Å²) in [7, 11) is 0. The highest BCUT2D eigenvalue weighted by Gasteiger charge is 2.58. The Morgan fingerprint density at radius 3 is 2.26 bits per heavy atom. The second kappa shape index (κ2) is 9.82. The topological polar surface area (TPSA) is 54.7 Å². The monoisotopic (exact) mass is 549 g/mol. The maximum Gasteiger partial charge on any atom is 0.417 e. The molecule has 3 aromatic carbocycles. The molecule has 3 aromatic rings. The van der Waals surface area contributed by atoms with E-state index in [4.69, 9.17) is 29.4 Å². The Hall–Kier alpha value is -3.81. The molecule has 1 saturated carbocycles. The van der Waals surface area contributed by atoms with Crippen LogP contribution in [0.3, 0.4) is 0 Å². The van der Waals surface area contributed by atoms with Crippen LogP contribution >= 0.6 is 24.4 Å². The van der Waals surface area contributed by atoms with E-state index in [-0.39, 0.29) is 10.8 Å². The van der Waals surface area contributed by atoms with Crippen molar-refractivity contribution < 1.29 is 13.2 Å². The summed E-state index contributed by atoms with van der Waals surface area (Å²) < 4.78 is 41.7. The Balaban J connectivity index is 1.66. The molecule has 5 nitrogen and oxygen atoms in total. The number of nitrogens with one attached hydrogen (secondary N) is 1. The number of aliphatic imine (C=N–C) groups is 1. The molecule has 0 radical (unpaired) electrons. The number of halogens is 3. The molecule has 1 saturated heterocycles. The molecule has 10 heteroatoms. The fourth-order valence-electron chi connectivity index (χ4n) is 4.85. The Bertz CT molecular complexity index is 1470. The van der Waals surface area contributed by atoms with Crippen LogP contribution in [0.4, 0.5) is 30.2 Å². The molecule has 1 aliphatic carbocycles. The minimum absolute atomic E-state index is 0.167. The van der Waals surface area contributed by atoms with Crippen molar-refractivity contribution >= 4 is 57.6 Å². The summed E-state index contributed by atoms with van der Waals surface area (Å²) in [5.74, 6) is 0.459. The molecule has 1 N–H and O–H groups in total. The van der Waals surface area contributed by atoms with Gasteiger partial charge >= 0.3 is 6.18 Å². The second-order valence-electron chi connectivity index (χ2n) is 9.25. The molecule has 0 unspecified atom stereocenters. The number of aryl methyl sites for hydroxylation is 1. The highest BCUT2D eigenvalue weighted by atomic mass is 32.1. The average molecular weight is 550 g/mol. The lowest BCUT2D eigenvalue weighted by atomic mass is 9.74. The standard InChI is InChI=1S/C28H22F3N5S2/c1-18-8-11-21(12-9-18)36-26(38)35(22-13-10-19(17-32)23(16-22)28(29,30)31)24(27(36)14-5-15-27)34-25(37)33-20-6-3-2-4-7-20/h2-4,6-13,16H,5,14-15H2,1H3,(H,33,37)/b34-24+. The van der Waals surface area contributed by atoms with E-state index in [1.54, 1.807) is 11.0 Å². The van der Waals surface area contributed by atoms with E-state index < -0.39 is 22.8 Å². The number of thiocarbonyl (C=S) groups is 2. The number of anilines is 3. The van der Waals surface area contributed by atoms with E-state index in [0.29, 0.717) is 23.8 Å². The molecule has 0 bridgehead atoms. The van der Waals surface area contributed by atoms with Gasteiger partial charge in [0.05, 0.1) is 22.9 Å². The summed E-state index contributed by atoms with van der Waals surface area (Å²) in [6, 6.07) is 22.3. The van der Waals surface area contributed by atoms with Gasteiger partial charge in [0.1, 0.15) is 11.4 Å². The highest BCUT2D eigenvalue weighted by Crippen LogP contribution is 2.49. The van der Waals surface area contributed by atoms with Gasteiger partial charge in [0.2, 0.25) is 0 Å². The van der Waals surface area contributed by atoms with Crippen LogP contribution in [0.5, 0.6) is 0 Å². The molecule has 1 aliphatic heterocycles. The average Bonchev–Trinajstić information content (AvgIpc) is 3.12. The molecule has 5 rings (SSSR count). The molecule has 1 heterocycles. The van der Waals surface area contributed by atoms with Crippen molar-refractivity contribution in [2.24, 2.45) is 4.99 Å². The number of hydrogen-bond donors (Lipinski definition) is 1. The van der Waals surface area contributed by atoms with Gasteiger partial charge in [-0.25, -0.2) is 4.99 Å². The SMILES string of the molecule is Cc1ccc(N2C(=S)N(c3ccc(C#N)c(C(F)(F)F)c3)/C(=N/C(=S)Nc3ccccc3)C23CCC3)cc1. The van der Waals surface area contributed by atoms with E-state index in [1.807, 2.05) is 66.4 Å². The molecular weight excluding hydrogens is 527 g/mol. The third kappa shape index (κ3) is 4.52. The summed E-state index contributed by atoms with van der Waals surface area (Å²) >= 11 is 11.5. The maximum atomic E-state index is 13.9. The summed E-state index contributed by atoms with van der Waals surface area (Å²) in [5.41, 5.74) is 0.653. The van der Waals surface area contributed by atoms with Crippen LogP contribution in [-0.4, -0.2) is 21.6 Å². The van der Waals surface area contributed by atoms with Crippen LogP contribution in [0.1, 0.15) is 36.0 Å². The third-order valence-electron chi connectivity index (χ3n) is 6.83. The lowest BCUT2D eigenvalue weighted by Crippen LogP contribution is -2.55. The summed E-state index contributed by atoms with van der Waals surface area (Å²) in [6.07, 6.45) is -2.41. The minimum Gasteiger partial charge on any atom is -0.331 e. The first-order valence-electron chi connectivity index (χ1n) is 11.9. The first-order chi connectivity index (χ1) is 18.1. The number of rotatable bonds is 3. The van der Waals surface area contributed by atoms with Crippen molar-refractivity contribution in [2.45, 2.75) is 37.9 Å². The Kier molecular flexibility index (Phi) is 6.67. The van der Waals surface area contributed by atoms with E-state index in [0.717, 1.165) is 29.4 Å². The zero-order valence-electron chi connectivity index (χ0n) is 20.3. The normalized spacial score (nSPS) is 17.4. The van der Waals surface area contributed by atoms with Crippen molar-refractivity contribution in [2.75, 3.05) is 15.1 Å². The van der Waals surface area contributed by atoms with E-state index >= 15 is 0 Å². The van der Waals surface area contributed by atoms with E-state index in [1.165, 1.54) is 12.1 Å². The Morgan fingerprint density at radius 1 is 1.03 bits per heavy atom. The van der Waals surface area contributed by atoms with Crippen LogP contribution in [0, 0.1) is 18.3 Å². The summed E-state index contributed by atoms with van der Waals surface area (Å²) in [5, 5.41) is 12.9. The number of alkyl halides is 3. The predicted molar refractivity (Wildman–Crippen MR) is 152 cm³/mol. The number of hydrogen-bond acceptors (Lipinski definition) is 3. The summed E-state index contributed by atoms with van der Waals surface area (Å²) in [4.78, 5) is 8.30. The first kappa shape index (κ1) is 25.8. The zero-order valence-corrected chi connectivity index (χ0v) is 21.9. The third-order valence-corrected chi connectivity index (χ3v) is 7.39. The number of para-hydroxylation sites is 1. The minimum atomic E-state index is -4.71. The maximum absolute atomic E-state index is 13.9. The number of nitriles is 1. The van der Waals surface area contributed by atoms with Gasteiger partial charge in [-0.2, -0.15) is 18.4 Å². The molecule has 0 amide bonds. The molecule has 2 fully saturated rings. The first-order valence-corrected chi connectivity index (χ1v) is 12.7. The number of amidine groups is 1. The Labute approximate surface area is 229 Å². The van der Waals surface area contributed by atoms with Crippen molar-refractivity contribution in [3.05, 3.63) is 89.5 Å². The van der Waals surface area contributed by atoms with Gasteiger partial charge in [-0.05, 0) is 93.1 Å². The van der Waals surface area contributed by atoms with Gasteiger partial charge in [-0.1, -0.05) is 35.9 Å². The molecule has 0 aromatic heterocycles. The van der Waals surface area contributed by atoms with Crippen molar-refractivity contribution in [1.29, 1.82) is 5.26 Å². The number of nitrogens with zero attached hydrogens (tertiary/aromatic N) is 4. The molecule has 0 atom stereocenters. The second-order valence-corrected chi connectivity index (χ2v) is 10.00. The fraction of sp³-hybridized carbons (Fsp3) is 0.214. The van der Waals surface area contributed by atoms with Gasteiger partial charge in [0.25, 0.3) is 0 Å². The largest absolute Gasteiger partial charge is 0.417 e. The summed E-state index contributed by atoms with van der Waals surface area (Å²) in [6.45, 7) is 1.98. The Morgan fingerprint density at radius 2 is 1.68 bits per heavy atom. The molecule has 2 aliphatic rings. The lowest BCUT2D eigenvalue weighted by Gasteiger charge is -2.44. The van der Waals surface area contributed by atoms with Gasteiger partial charge in [0.15, 0.2) is 10.2 Å². The quantitative estimate of drug-likeness (QED) is 0.348. The van der Waals surface area contributed by atoms with Crippen LogP contribution in [0.25, 0.3) is 0 Å². The van der Waals surface area contributed by atoms with Gasteiger partial charge in [0, 0.05) is 11.4 Å². The molecule has 1 spiro atoms. The van der Waals surface area contributed by atoms with Crippen molar-refractivity contribution in [3.8, 4) is 6.07 Å². The van der Waals surface area contributed by atoms with Crippen molar-refractivity contribution in [3.63, 3.8) is 0 Å². The zero-order chi connectivity index (χ0) is 27.1. The van der Waals surface area contributed by atoms with Gasteiger partial charge < -0.3 is 10.2 Å². The van der Waals surface area contributed by atoms with Gasteiger partial charge in [-0.3, -0.25) is 4.90 Å². The van der Waals surface area contributed by atoms with Crippen LogP contribution in [0.2, 0.25) is 0 Å². The van der Waals surface area contributed by atoms with Crippen molar-refractivity contribution in [1.82, 2.24) is 0 Å². The van der Waals surface area contributed by atoms with Crippen LogP contribution in [0.15, 0.2) is 77.8 Å². The molecule has 38 heavy (non-hydrogen) atoms. The molecular formula is C28H22F3N5S2.